The van der Waals surface area contributed by atoms with Crippen molar-refractivity contribution in [2.24, 2.45) is 0 Å². The Balaban J connectivity index is 3.09. The van der Waals surface area contributed by atoms with Gasteiger partial charge in [-0.1, -0.05) is 12.8 Å². The average Bonchev–Trinajstić information content (AvgIpc) is 2.15. The second-order valence-electron chi connectivity index (χ2n) is 4.26. The highest BCUT2D eigenvalue weighted by Gasteiger charge is 2.03. The molecule has 0 aliphatic rings. The summed E-state index contributed by atoms with van der Waals surface area (Å²) in [5.41, 5.74) is 0. The highest BCUT2D eigenvalue weighted by Crippen LogP contribution is 1.97. The molecule has 0 saturated carbocycles. The van der Waals surface area contributed by atoms with Gasteiger partial charge in [-0.05, 0) is 33.5 Å². The Morgan fingerprint density at radius 3 is 2.40 bits per heavy atom. The maximum Gasteiger partial charge on any atom is 0.0791 e. The molecule has 4 heteroatoms. The van der Waals surface area contributed by atoms with Gasteiger partial charge in [-0.25, -0.2) is 0 Å². The summed E-state index contributed by atoms with van der Waals surface area (Å²) >= 11 is 0. The van der Waals surface area contributed by atoms with Gasteiger partial charge in [0.2, 0.25) is 0 Å². The van der Waals surface area contributed by atoms with Crippen LogP contribution >= 0.6 is 0 Å². The van der Waals surface area contributed by atoms with Gasteiger partial charge < -0.3 is 20.4 Å². The van der Waals surface area contributed by atoms with Crippen LogP contribution in [0.4, 0.5) is 0 Å². The second-order valence-corrected chi connectivity index (χ2v) is 4.26. The van der Waals surface area contributed by atoms with E-state index in [4.69, 9.17) is 5.11 Å². The van der Waals surface area contributed by atoms with Crippen LogP contribution in [0.5, 0.6) is 0 Å². The Bertz CT molecular complexity index is 132. The van der Waals surface area contributed by atoms with Crippen molar-refractivity contribution in [3.8, 4) is 0 Å². The molecule has 0 aromatic rings. The SMILES string of the molecule is CN(C)CC(O)CNCCCCCCO. The number of rotatable bonds is 10. The molecule has 0 heterocycles. The maximum atomic E-state index is 9.52. The Labute approximate surface area is 93.3 Å². The number of aliphatic hydroxyl groups is 2. The van der Waals surface area contributed by atoms with Crippen LogP contribution in [-0.2, 0) is 0 Å². The van der Waals surface area contributed by atoms with Crippen LogP contribution < -0.4 is 5.32 Å². The van der Waals surface area contributed by atoms with Crippen LogP contribution in [0.2, 0.25) is 0 Å². The number of nitrogens with one attached hydrogen (secondary N) is 1. The van der Waals surface area contributed by atoms with E-state index in [1.165, 1.54) is 0 Å². The fraction of sp³-hybridized carbons (Fsp3) is 1.00. The molecule has 0 fully saturated rings. The van der Waals surface area contributed by atoms with E-state index in [-0.39, 0.29) is 6.10 Å². The summed E-state index contributed by atoms with van der Waals surface area (Å²) in [4.78, 5) is 1.98. The molecule has 0 amide bonds. The lowest BCUT2D eigenvalue weighted by Crippen LogP contribution is -2.35. The number of hydrogen-bond acceptors (Lipinski definition) is 4. The number of nitrogens with zero attached hydrogens (tertiary/aromatic N) is 1. The fourth-order valence-corrected chi connectivity index (χ4v) is 1.47. The van der Waals surface area contributed by atoms with E-state index in [9.17, 15) is 5.11 Å². The Morgan fingerprint density at radius 2 is 1.80 bits per heavy atom. The fourth-order valence-electron chi connectivity index (χ4n) is 1.47. The largest absolute Gasteiger partial charge is 0.396 e. The molecule has 0 aromatic heterocycles. The van der Waals surface area contributed by atoms with Crippen LogP contribution in [0, 0.1) is 0 Å². The predicted octanol–water partition coefficient (Wildman–Crippen LogP) is 0.0512. The highest BCUT2D eigenvalue weighted by molar-refractivity contribution is 4.62. The first-order valence-corrected chi connectivity index (χ1v) is 5.81. The molecule has 0 rings (SSSR count). The lowest BCUT2D eigenvalue weighted by Gasteiger charge is -2.16. The monoisotopic (exact) mass is 218 g/mol. The third-order valence-electron chi connectivity index (χ3n) is 2.22. The van der Waals surface area contributed by atoms with E-state index >= 15 is 0 Å². The van der Waals surface area contributed by atoms with E-state index in [1.54, 1.807) is 0 Å². The van der Waals surface area contributed by atoms with Crippen molar-refractivity contribution in [2.75, 3.05) is 40.3 Å². The maximum absolute atomic E-state index is 9.52. The summed E-state index contributed by atoms with van der Waals surface area (Å²) in [7, 11) is 3.91. The van der Waals surface area contributed by atoms with Crippen LogP contribution in [-0.4, -0.2) is 61.6 Å². The molecule has 4 nitrogen and oxygen atoms in total. The molecule has 1 unspecified atom stereocenters. The molecule has 1 atom stereocenters. The van der Waals surface area contributed by atoms with Gasteiger partial charge >= 0.3 is 0 Å². The third-order valence-corrected chi connectivity index (χ3v) is 2.22. The lowest BCUT2D eigenvalue weighted by atomic mass is 10.2. The lowest BCUT2D eigenvalue weighted by molar-refractivity contribution is 0.135. The van der Waals surface area contributed by atoms with Gasteiger partial charge in [0.1, 0.15) is 0 Å². The number of likely N-dealkylation sites (N-methyl/N-ethyl adjacent to an activating group) is 1. The topological polar surface area (TPSA) is 55.7 Å². The molecule has 0 bridgehead atoms. The van der Waals surface area contributed by atoms with E-state index in [1.807, 2.05) is 19.0 Å². The first-order chi connectivity index (χ1) is 7.16. The van der Waals surface area contributed by atoms with Crippen LogP contribution in [0.25, 0.3) is 0 Å². The van der Waals surface area contributed by atoms with E-state index in [2.05, 4.69) is 5.32 Å². The summed E-state index contributed by atoms with van der Waals surface area (Å²) in [5.74, 6) is 0. The Hall–Kier alpha value is -0.160. The van der Waals surface area contributed by atoms with Gasteiger partial charge in [0.05, 0.1) is 6.10 Å². The summed E-state index contributed by atoms with van der Waals surface area (Å²) in [6.07, 6.45) is 3.99. The predicted molar refractivity (Wildman–Crippen MR) is 63.0 cm³/mol. The first-order valence-electron chi connectivity index (χ1n) is 5.81. The van der Waals surface area contributed by atoms with E-state index in [0.29, 0.717) is 19.7 Å². The quantitative estimate of drug-likeness (QED) is 0.454. The van der Waals surface area contributed by atoms with Crippen LogP contribution in [0.1, 0.15) is 25.7 Å². The molecule has 0 aromatic carbocycles. The van der Waals surface area contributed by atoms with E-state index in [0.717, 1.165) is 32.2 Å². The normalized spacial score (nSPS) is 13.4. The van der Waals surface area contributed by atoms with E-state index < -0.39 is 0 Å². The van der Waals surface area contributed by atoms with Gasteiger partial charge in [-0.2, -0.15) is 0 Å². The average molecular weight is 218 g/mol. The zero-order valence-electron chi connectivity index (χ0n) is 10.1. The zero-order valence-corrected chi connectivity index (χ0v) is 10.1. The van der Waals surface area contributed by atoms with Crippen molar-refractivity contribution in [3.05, 3.63) is 0 Å². The smallest absolute Gasteiger partial charge is 0.0791 e. The van der Waals surface area contributed by atoms with Gasteiger partial charge in [0, 0.05) is 19.7 Å². The van der Waals surface area contributed by atoms with Crippen molar-refractivity contribution >= 4 is 0 Å². The second kappa shape index (κ2) is 10.4. The minimum absolute atomic E-state index is 0.280. The van der Waals surface area contributed by atoms with Gasteiger partial charge in [-0.15, -0.1) is 0 Å². The van der Waals surface area contributed by atoms with Gasteiger partial charge in [-0.3, -0.25) is 0 Å². The third kappa shape index (κ3) is 11.8. The minimum atomic E-state index is -0.280. The molecule has 15 heavy (non-hydrogen) atoms. The van der Waals surface area contributed by atoms with Crippen molar-refractivity contribution < 1.29 is 10.2 Å². The Kier molecular flexibility index (Phi) is 10.3. The molecular formula is C11H26N2O2. The molecule has 0 spiro atoms. The van der Waals surface area contributed by atoms with Crippen molar-refractivity contribution in [3.63, 3.8) is 0 Å². The van der Waals surface area contributed by atoms with Crippen molar-refractivity contribution in [1.29, 1.82) is 0 Å². The molecule has 0 radical (unpaired) electrons. The molecule has 0 aliphatic heterocycles. The first kappa shape index (κ1) is 14.8. The van der Waals surface area contributed by atoms with Gasteiger partial charge in [0.25, 0.3) is 0 Å². The molecule has 0 aliphatic carbocycles. The molecular weight excluding hydrogens is 192 g/mol. The van der Waals surface area contributed by atoms with Crippen molar-refractivity contribution in [2.45, 2.75) is 31.8 Å². The highest BCUT2D eigenvalue weighted by atomic mass is 16.3. The number of unbranched alkanes of at least 4 members (excludes halogenated alkanes) is 3. The summed E-state index contributed by atoms with van der Waals surface area (Å²) in [6.45, 7) is 2.63. The summed E-state index contributed by atoms with van der Waals surface area (Å²) in [6, 6.07) is 0. The standard InChI is InChI=1S/C11H26N2O2/c1-13(2)10-11(15)9-12-7-5-3-4-6-8-14/h11-12,14-15H,3-10H2,1-2H3. The molecule has 92 valence electrons. The summed E-state index contributed by atoms with van der Waals surface area (Å²) < 4.78 is 0. The number of aliphatic hydroxyl groups excluding tert-OH is 2. The minimum Gasteiger partial charge on any atom is -0.396 e. The van der Waals surface area contributed by atoms with Crippen molar-refractivity contribution in [1.82, 2.24) is 10.2 Å². The molecule has 3 N–H and O–H groups in total. The Morgan fingerprint density at radius 1 is 1.13 bits per heavy atom. The number of hydrogen-bond donors (Lipinski definition) is 3. The van der Waals surface area contributed by atoms with Crippen LogP contribution in [0.15, 0.2) is 0 Å². The van der Waals surface area contributed by atoms with Gasteiger partial charge in [0.15, 0.2) is 0 Å². The zero-order chi connectivity index (χ0) is 11.5. The van der Waals surface area contributed by atoms with Crippen LogP contribution in [0.3, 0.4) is 0 Å². The molecule has 0 saturated heterocycles. The summed E-state index contributed by atoms with van der Waals surface area (Å²) in [5, 5.41) is 21.3.